The number of hydrogen-bond donors (Lipinski definition) is 3. The van der Waals surface area contributed by atoms with Crippen molar-refractivity contribution < 1.29 is 33.1 Å². The molecule has 2 amide bonds. The third-order valence-electron chi connectivity index (χ3n) is 6.99. The van der Waals surface area contributed by atoms with Crippen molar-refractivity contribution in [2.24, 2.45) is 5.92 Å². The predicted octanol–water partition coefficient (Wildman–Crippen LogP) is 1.86. The molecule has 0 spiro atoms. The minimum absolute atomic E-state index is 0.0832. The molecule has 1 aromatic rings. The molecule has 0 unspecified atom stereocenters. The summed E-state index contributed by atoms with van der Waals surface area (Å²) in [5.74, 6) is -3.80. The summed E-state index contributed by atoms with van der Waals surface area (Å²) in [6.07, 6.45) is 1.89. The summed E-state index contributed by atoms with van der Waals surface area (Å²) in [6, 6.07) is 11.1. The third-order valence-corrected chi connectivity index (χ3v) is 6.99. The van der Waals surface area contributed by atoms with Crippen molar-refractivity contribution in [3.8, 4) is 6.07 Å². The highest BCUT2D eigenvalue weighted by Gasteiger charge is 2.43. The number of halogens is 2. The van der Waals surface area contributed by atoms with Crippen molar-refractivity contribution >= 4 is 19.1 Å². The minimum Gasteiger partial charge on any atom is -0.402 e. The number of benzene rings is 1. The summed E-state index contributed by atoms with van der Waals surface area (Å²) in [6.45, 7) is 3.85. The molecule has 3 N–H and O–H groups in total. The lowest BCUT2D eigenvalue weighted by molar-refractivity contribution is -0.131. The summed E-state index contributed by atoms with van der Waals surface area (Å²) in [7, 11) is -2.06. The summed E-state index contributed by atoms with van der Waals surface area (Å²) in [4.78, 5) is 29.0. The van der Waals surface area contributed by atoms with Gasteiger partial charge in [-0.25, -0.2) is 8.78 Å². The van der Waals surface area contributed by atoms with Crippen molar-refractivity contribution in [1.29, 1.82) is 5.26 Å². The van der Waals surface area contributed by atoms with Gasteiger partial charge in [0.2, 0.25) is 5.91 Å². The first kappa shape index (κ1) is 29.7. The maximum Gasteiger partial charge on any atom is 0.635 e. The maximum atomic E-state index is 13.7. The Morgan fingerprint density at radius 1 is 1.32 bits per heavy atom. The van der Waals surface area contributed by atoms with Crippen LogP contribution >= 0.6 is 0 Å². The lowest BCUT2D eigenvalue weighted by atomic mass is 9.93. The molecule has 0 aliphatic carbocycles. The fourth-order valence-corrected chi connectivity index (χ4v) is 5.01. The molecule has 0 aromatic heterocycles. The van der Waals surface area contributed by atoms with E-state index >= 15 is 0 Å². The summed E-state index contributed by atoms with van der Waals surface area (Å²) >= 11 is 0. The molecule has 2 aliphatic rings. The average Bonchev–Trinajstić information content (AvgIpc) is 3.23. The zero-order valence-electron chi connectivity index (χ0n) is 21.8. The minimum atomic E-state index is -2.79. The average molecular weight is 532 g/mol. The Morgan fingerprint density at radius 2 is 2.03 bits per heavy atom. The van der Waals surface area contributed by atoms with Crippen LogP contribution in [-0.4, -0.2) is 82.9 Å². The van der Waals surface area contributed by atoms with Crippen LogP contribution in [0, 0.1) is 17.2 Å². The molecule has 3 rings (SSSR count). The first-order valence-corrected chi connectivity index (χ1v) is 12.8. The molecule has 0 saturated carbocycles. The van der Waals surface area contributed by atoms with Gasteiger partial charge in [0, 0.05) is 44.4 Å². The van der Waals surface area contributed by atoms with Crippen molar-refractivity contribution in [2.75, 3.05) is 26.2 Å². The molecule has 12 heteroatoms. The number of carbonyl (C=O) groups excluding carboxylic acids is 2. The van der Waals surface area contributed by atoms with E-state index in [0.29, 0.717) is 19.4 Å². The lowest BCUT2D eigenvalue weighted by Crippen LogP contribution is -2.46. The van der Waals surface area contributed by atoms with Gasteiger partial charge in [0.1, 0.15) is 17.9 Å². The van der Waals surface area contributed by atoms with E-state index in [2.05, 4.69) is 5.32 Å². The van der Waals surface area contributed by atoms with Gasteiger partial charge in [-0.15, -0.1) is 0 Å². The molecular formula is C26H35BF2N4O5. The van der Waals surface area contributed by atoms with Crippen molar-refractivity contribution in [2.45, 2.75) is 63.6 Å². The van der Waals surface area contributed by atoms with Crippen LogP contribution in [0.5, 0.6) is 0 Å². The molecular weight excluding hydrogens is 497 g/mol. The van der Waals surface area contributed by atoms with E-state index < -0.39 is 37.5 Å². The Balaban J connectivity index is 1.60. The Bertz CT molecular complexity index is 1050. The molecule has 2 fully saturated rings. The normalized spacial score (nSPS) is 21.0. The van der Waals surface area contributed by atoms with E-state index in [1.165, 1.54) is 11.0 Å². The second kappa shape index (κ2) is 12.8. The molecule has 2 aliphatic heterocycles. The van der Waals surface area contributed by atoms with Crippen LogP contribution in [-0.2, 0) is 20.7 Å². The second-order valence-corrected chi connectivity index (χ2v) is 10.5. The van der Waals surface area contributed by atoms with Gasteiger partial charge in [0.05, 0.1) is 6.54 Å². The second-order valence-electron chi connectivity index (χ2n) is 10.5. The zero-order valence-corrected chi connectivity index (χ0v) is 21.8. The summed E-state index contributed by atoms with van der Waals surface area (Å²) in [5, 5.41) is 30.9. The number of hydrogen-bond acceptors (Lipinski definition) is 7. The van der Waals surface area contributed by atoms with Gasteiger partial charge >= 0.3 is 7.32 Å². The van der Waals surface area contributed by atoms with E-state index in [1.54, 1.807) is 18.7 Å². The van der Waals surface area contributed by atoms with Crippen LogP contribution in [0.25, 0.3) is 0 Å². The lowest BCUT2D eigenvalue weighted by Gasteiger charge is -2.35. The number of carbonyl (C=O) groups is 2. The van der Waals surface area contributed by atoms with Gasteiger partial charge in [-0.1, -0.05) is 30.3 Å². The van der Waals surface area contributed by atoms with Crippen LogP contribution in [0.2, 0.25) is 0 Å². The molecule has 9 nitrogen and oxygen atoms in total. The van der Waals surface area contributed by atoms with Crippen LogP contribution in [0.4, 0.5) is 8.78 Å². The van der Waals surface area contributed by atoms with Crippen LogP contribution < -0.4 is 5.32 Å². The number of alkyl halides is 2. The molecule has 0 radical (unpaired) electrons. The predicted molar refractivity (Wildman–Crippen MR) is 136 cm³/mol. The Morgan fingerprint density at radius 3 is 2.63 bits per heavy atom. The summed E-state index contributed by atoms with van der Waals surface area (Å²) < 4.78 is 32.5. The number of amides is 2. The molecule has 0 bridgehead atoms. The van der Waals surface area contributed by atoms with E-state index in [9.17, 15) is 33.7 Å². The van der Waals surface area contributed by atoms with Crippen molar-refractivity contribution in [3.63, 3.8) is 0 Å². The van der Waals surface area contributed by atoms with Crippen molar-refractivity contribution in [3.05, 3.63) is 47.5 Å². The first-order chi connectivity index (χ1) is 17.9. The van der Waals surface area contributed by atoms with Crippen molar-refractivity contribution in [1.82, 2.24) is 15.1 Å². The van der Waals surface area contributed by atoms with E-state index in [-0.39, 0.29) is 49.8 Å². The number of piperidine rings is 1. The quantitative estimate of drug-likeness (QED) is 0.182. The molecule has 2 heterocycles. The maximum absolute atomic E-state index is 13.7. The fraction of sp³-hybridized carbons (Fsp3) is 0.577. The number of nitrogens with zero attached hydrogens (tertiary/aromatic N) is 3. The number of rotatable bonds is 10. The van der Waals surface area contributed by atoms with Gasteiger partial charge in [-0.3, -0.25) is 14.5 Å². The summed E-state index contributed by atoms with van der Waals surface area (Å²) in [5.41, 5.74) is -0.173. The monoisotopic (exact) mass is 532 g/mol. The highest BCUT2D eigenvalue weighted by atomic mass is 19.3. The fourth-order valence-electron chi connectivity index (χ4n) is 5.01. The van der Waals surface area contributed by atoms with Crippen LogP contribution in [0.1, 0.15) is 45.1 Å². The first-order valence-electron chi connectivity index (χ1n) is 12.8. The van der Waals surface area contributed by atoms with Gasteiger partial charge < -0.3 is 24.9 Å². The highest BCUT2D eigenvalue weighted by Crippen LogP contribution is 2.33. The van der Waals surface area contributed by atoms with Gasteiger partial charge in [-0.2, -0.15) is 5.26 Å². The van der Waals surface area contributed by atoms with E-state index in [1.807, 2.05) is 36.4 Å². The zero-order chi connectivity index (χ0) is 27.9. The molecule has 38 heavy (non-hydrogen) atoms. The SMILES string of the molecule is CC(C)(C=C(C#N)C(=O)N1CCC[C@@H](CC(=O)N[C@@H](Cc2ccccc2)OB(O)O)C1)N1CCC(F)(F)C1. The van der Waals surface area contributed by atoms with Gasteiger partial charge in [-0.05, 0) is 44.2 Å². The molecule has 1 aromatic carbocycles. The largest absolute Gasteiger partial charge is 0.635 e. The van der Waals surface area contributed by atoms with Gasteiger partial charge in [0.25, 0.3) is 11.8 Å². The smallest absolute Gasteiger partial charge is 0.402 e. The van der Waals surface area contributed by atoms with Crippen LogP contribution in [0.3, 0.4) is 0 Å². The van der Waals surface area contributed by atoms with Gasteiger partial charge in [0.15, 0.2) is 0 Å². The Hall–Kier alpha value is -2.85. The topological polar surface area (TPSA) is 126 Å². The number of nitrogens with one attached hydrogen (secondary N) is 1. The van der Waals surface area contributed by atoms with E-state index in [0.717, 1.165) is 5.56 Å². The highest BCUT2D eigenvalue weighted by molar-refractivity contribution is 6.32. The Kier molecular flexibility index (Phi) is 10.0. The number of likely N-dealkylation sites (tertiary alicyclic amines) is 2. The molecule has 2 atom stereocenters. The molecule has 2 saturated heterocycles. The number of nitriles is 1. The van der Waals surface area contributed by atoms with E-state index in [4.69, 9.17) is 4.65 Å². The standard InChI is InChI=1S/C26H35BF2N4O5/c1-25(2,33-12-10-26(28,29)18-33)15-21(16-30)24(35)32-11-6-9-20(17-32)13-22(34)31-23(38-27(36)37)14-19-7-4-3-5-8-19/h3-5,7-8,15,20,23,36-37H,6,9-14,17-18H2,1-2H3,(H,31,34)/t20-,23+/m0/s1. The van der Waals surface area contributed by atoms with Crippen LogP contribution in [0.15, 0.2) is 42.0 Å². The molecule has 206 valence electrons. The Labute approximate surface area is 222 Å². The third kappa shape index (κ3) is 8.59.